The summed E-state index contributed by atoms with van der Waals surface area (Å²) in [6.45, 7) is 1.68. The minimum Gasteiger partial charge on any atom is -0.383 e. The fourth-order valence-corrected chi connectivity index (χ4v) is 2.10. The Labute approximate surface area is 98.2 Å². The van der Waals surface area contributed by atoms with Crippen molar-refractivity contribution in [1.82, 2.24) is 15.1 Å². The lowest BCUT2D eigenvalue weighted by molar-refractivity contribution is 0.626. The Kier molecular flexibility index (Phi) is 2.33. The highest BCUT2D eigenvalue weighted by Crippen LogP contribution is 2.23. The van der Waals surface area contributed by atoms with Crippen molar-refractivity contribution in [3.63, 3.8) is 0 Å². The highest BCUT2D eigenvalue weighted by molar-refractivity contribution is 5.50. The molecule has 3 rings (SSSR count). The second-order valence-electron chi connectivity index (χ2n) is 4.13. The molecule has 0 unspecified atom stereocenters. The number of aromatic nitrogens is 2. The number of nitrogens with one attached hydrogen (secondary N) is 1. The van der Waals surface area contributed by atoms with Gasteiger partial charge in [-0.25, -0.2) is 9.07 Å². The third-order valence-corrected chi connectivity index (χ3v) is 3.02. The number of rotatable bonds is 1. The van der Waals surface area contributed by atoms with E-state index in [1.54, 1.807) is 16.8 Å². The van der Waals surface area contributed by atoms with Crippen LogP contribution in [0.2, 0.25) is 0 Å². The van der Waals surface area contributed by atoms with Gasteiger partial charge in [-0.3, -0.25) is 0 Å². The molecule has 0 amide bonds. The molecule has 88 valence electrons. The summed E-state index contributed by atoms with van der Waals surface area (Å²) in [5, 5.41) is 7.74. The summed E-state index contributed by atoms with van der Waals surface area (Å²) in [4.78, 5) is 0. The summed E-state index contributed by atoms with van der Waals surface area (Å²) in [7, 11) is 0. The molecule has 1 aliphatic heterocycles. The molecule has 2 heterocycles. The molecular weight excluding hydrogens is 219 g/mol. The highest BCUT2D eigenvalue weighted by atomic mass is 19.1. The Morgan fingerprint density at radius 1 is 1.29 bits per heavy atom. The zero-order valence-electron chi connectivity index (χ0n) is 9.28. The maximum atomic E-state index is 12.9. The van der Waals surface area contributed by atoms with Crippen LogP contribution in [0.4, 0.5) is 10.2 Å². The van der Waals surface area contributed by atoms with Crippen molar-refractivity contribution in [2.45, 2.75) is 13.0 Å². The molecule has 3 N–H and O–H groups in total. The minimum atomic E-state index is -0.258. The van der Waals surface area contributed by atoms with Gasteiger partial charge in [0.2, 0.25) is 0 Å². The summed E-state index contributed by atoms with van der Waals surface area (Å²) in [5.74, 6) is 0.379. The van der Waals surface area contributed by atoms with Gasteiger partial charge in [0, 0.05) is 25.1 Å². The smallest absolute Gasteiger partial charge is 0.132 e. The zero-order chi connectivity index (χ0) is 11.8. The molecule has 0 bridgehead atoms. The standard InChI is InChI=1S/C12H13FN4/c13-8-1-3-9(4-2-8)17-12(14)10-7-15-6-5-11(10)16-17/h1-4,15H,5-7,14H2. The number of benzene rings is 1. The Bertz CT molecular complexity index is 544. The van der Waals surface area contributed by atoms with E-state index in [4.69, 9.17) is 5.73 Å². The van der Waals surface area contributed by atoms with Crippen LogP contribution in [0.5, 0.6) is 0 Å². The lowest BCUT2D eigenvalue weighted by Gasteiger charge is -2.10. The van der Waals surface area contributed by atoms with Crippen molar-refractivity contribution in [3.8, 4) is 5.69 Å². The number of halogens is 1. The van der Waals surface area contributed by atoms with Crippen molar-refractivity contribution in [2.24, 2.45) is 0 Å². The monoisotopic (exact) mass is 232 g/mol. The van der Waals surface area contributed by atoms with Gasteiger partial charge in [0.05, 0.1) is 11.4 Å². The van der Waals surface area contributed by atoms with Crippen LogP contribution in [-0.4, -0.2) is 16.3 Å². The molecule has 1 aromatic carbocycles. The third kappa shape index (κ3) is 1.68. The number of hydrogen-bond donors (Lipinski definition) is 2. The van der Waals surface area contributed by atoms with Crippen molar-refractivity contribution in [2.75, 3.05) is 12.3 Å². The quantitative estimate of drug-likeness (QED) is 0.777. The summed E-state index contributed by atoms with van der Waals surface area (Å²) < 4.78 is 14.5. The average molecular weight is 232 g/mol. The first kappa shape index (κ1) is 10.3. The Hall–Kier alpha value is -1.88. The van der Waals surface area contributed by atoms with Crippen LogP contribution in [0.1, 0.15) is 11.3 Å². The van der Waals surface area contributed by atoms with E-state index in [9.17, 15) is 4.39 Å². The SMILES string of the molecule is Nc1c2c(nn1-c1ccc(F)cc1)CCNC2. The number of fused-ring (bicyclic) bond motifs is 1. The number of anilines is 1. The molecular formula is C12H13FN4. The van der Waals surface area contributed by atoms with Crippen LogP contribution >= 0.6 is 0 Å². The van der Waals surface area contributed by atoms with Crippen LogP contribution in [-0.2, 0) is 13.0 Å². The summed E-state index contributed by atoms with van der Waals surface area (Å²) in [6, 6.07) is 6.18. The van der Waals surface area contributed by atoms with Crippen molar-refractivity contribution in [1.29, 1.82) is 0 Å². The normalized spacial score (nSPS) is 14.6. The van der Waals surface area contributed by atoms with E-state index in [2.05, 4.69) is 10.4 Å². The molecule has 1 aliphatic rings. The summed E-state index contributed by atoms with van der Waals surface area (Å²) >= 11 is 0. The largest absolute Gasteiger partial charge is 0.383 e. The second kappa shape index (κ2) is 3.85. The Morgan fingerprint density at radius 3 is 2.76 bits per heavy atom. The van der Waals surface area contributed by atoms with E-state index < -0.39 is 0 Å². The lowest BCUT2D eigenvalue weighted by Crippen LogP contribution is -2.23. The topological polar surface area (TPSA) is 55.9 Å². The van der Waals surface area contributed by atoms with Gasteiger partial charge < -0.3 is 11.1 Å². The molecule has 0 radical (unpaired) electrons. The van der Waals surface area contributed by atoms with Gasteiger partial charge in [-0.1, -0.05) is 0 Å². The van der Waals surface area contributed by atoms with Crippen molar-refractivity contribution >= 4 is 5.82 Å². The first-order chi connectivity index (χ1) is 8.25. The molecule has 0 aliphatic carbocycles. The van der Waals surface area contributed by atoms with Crippen LogP contribution in [0.3, 0.4) is 0 Å². The molecule has 5 heteroatoms. The van der Waals surface area contributed by atoms with Gasteiger partial charge in [-0.15, -0.1) is 0 Å². The molecule has 0 saturated carbocycles. The van der Waals surface area contributed by atoms with E-state index in [-0.39, 0.29) is 5.82 Å². The molecule has 2 aromatic rings. The summed E-state index contributed by atoms with van der Waals surface area (Å²) in [5.41, 5.74) is 8.94. The van der Waals surface area contributed by atoms with Gasteiger partial charge in [0.25, 0.3) is 0 Å². The predicted molar refractivity (Wildman–Crippen MR) is 63.3 cm³/mol. The number of nitrogen functional groups attached to an aromatic ring is 1. The average Bonchev–Trinajstić information content (AvgIpc) is 2.69. The molecule has 1 aromatic heterocycles. The second-order valence-corrected chi connectivity index (χ2v) is 4.13. The van der Waals surface area contributed by atoms with Crippen LogP contribution in [0, 0.1) is 5.82 Å². The predicted octanol–water partition coefficient (Wildman–Crippen LogP) is 1.24. The first-order valence-electron chi connectivity index (χ1n) is 5.58. The Balaban J connectivity index is 2.09. The first-order valence-corrected chi connectivity index (χ1v) is 5.58. The number of nitrogens with zero attached hydrogens (tertiary/aromatic N) is 2. The van der Waals surface area contributed by atoms with E-state index in [0.717, 1.165) is 36.5 Å². The number of hydrogen-bond acceptors (Lipinski definition) is 3. The van der Waals surface area contributed by atoms with Crippen LogP contribution < -0.4 is 11.1 Å². The fourth-order valence-electron chi connectivity index (χ4n) is 2.10. The van der Waals surface area contributed by atoms with Crippen LogP contribution in [0.25, 0.3) is 5.69 Å². The van der Waals surface area contributed by atoms with Crippen molar-refractivity contribution in [3.05, 3.63) is 41.3 Å². The Morgan fingerprint density at radius 2 is 2.06 bits per heavy atom. The summed E-state index contributed by atoms with van der Waals surface area (Å²) in [6.07, 6.45) is 0.883. The lowest BCUT2D eigenvalue weighted by atomic mass is 10.1. The third-order valence-electron chi connectivity index (χ3n) is 3.02. The molecule has 0 spiro atoms. The van der Waals surface area contributed by atoms with Gasteiger partial charge in [0.15, 0.2) is 0 Å². The maximum Gasteiger partial charge on any atom is 0.132 e. The van der Waals surface area contributed by atoms with E-state index in [1.165, 1.54) is 12.1 Å². The van der Waals surface area contributed by atoms with Gasteiger partial charge in [0.1, 0.15) is 11.6 Å². The minimum absolute atomic E-state index is 0.258. The van der Waals surface area contributed by atoms with Crippen LogP contribution in [0.15, 0.2) is 24.3 Å². The fraction of sp³-hybridized carbons (Fsp3) is 0.250. The molecule has 0 saturated heterocycles. The zero-order valence-corrected chi connectivity index (χ0v) is 9.28. The van der Waals surface area contributed by atoms with E-state index >= 15 is 0 Å². The van der Waals surface area contributed by atoms with Gasteiger partial charge >= 0.3 is 0 Å². The molecule has 17 heavy (non-hydrogen) atoms. The number of nitrogens with two attached hydrogens (primary N) is 1. The molecule has 0 fully saturated rings. The molecule has 0 atom stereocenters. The van der Waals surface area contributed by atoms with Crippen molar-refractivity contribution < 1.29 is 4.39 Å². The van der Waals surface area contributed by atoms with E-state index in [1.807, 2.05) is 0 Å². The van der Waals surface area contributed by atoms with Gasteiger partial charge in [-0.2, -0.15) is 5.10 Å². The molecule has 4 nitrogen and oxygen atoms in total. The highest BCUT2D eigenvalue weighted by Gasteiger charge is 2.18. The maximum absolute atomic E-state index is 12.9. The van der Waals surface area contributed by atoms with Gasteiger partial charge in [-0.05, 0) is 24.3 Å². The van der Waals surface area contributed by atoms with E-state index in [0.29, 0.717) is 5.82 Å².